The van der Waals surface area contributed by atoms with Crippen molar-refractivity contribution < 1.29 is 4.79 Å². The number of hydrogen-bond acceptors (Lipinski definition) is 2. The fourth-order valence-corrected chi connectivity index (χ4v) is 2.33. The van der Waals surface area contributed by atoms with E-state index in [0.717, 1.165) is 10.9 Å². The second kappa shape index (κ2) is 6.63. The van der Waals surface area contributed by atoms with Crippen LogP contribution in [-0.2, 0) is 0 Å². The van der Waals surface area contributed by atoms with Crippen molar-refractivity contribution in [3.63, 3.8) is 0 Å². The van der Waals surface area contributed by atoms with Crippen molar-refractivity contribution in [2.45, 2.75) is 13.3 Å². The zero-order chi connectivity index (χ0) is 12.8. The maximum Gasteiger partial charge on any atom is 0.254 e. The van der Waals surface area contributed by atoms with Crippen molar-refractivity contribution in [1.29, 1.82) is 5.26 Å². The van der Waals surface area contributed by atoms with Gasteiger partial charge in [-0.25, -0.2) is 0 Å². The standard InChI is InChI=1S/C12H12BrClN2O/c1-2-4-16(5-3-15)12(17)9-6-10(13)8-11(14)7-9/h6-8H,2,4-5H2,1H3. The molecular formula is C12H12BrClN2O. The molecule has 1 aromatic carbocycles. The Balaban J connectivity index is 2.96. The number of benzene rings is 1. The van der Waals surface area contributed by atoms with Gasteiger partial charge >= 0.3 is 0 Å². The molecule has 0 fully saturated rings. The Morgan fingerprint density at radius 2 is 2.24 bits per heavy atom. The SMILES string of the molecule is CCCN(CC#N)C(=O)c1cc(Cl)cc(Br)c1. The van der Waals surface area contributed by atoms with E-state index in [2.05, 4.69) is 15.9 Å². The molecule has 0 aliphatic rings. The van der Waals surface area contributed by atoms with Crippen LogP contribution in [0.15, 0.2) is 22.7 Å². The Hall–Kier alpha value is -1.05. The Bertz CT molecular complexity index is 436. The highest BCUT2D eigenvalue weighted by atomic mass is 79.9. The lowest BCUT2D eigenvalue weighted by atomic mass is 10.2. The van der Waals surface area contributed by atoms with Gasteiger partial charge in [0, 0.05) is 21.6 Å². The smallest absolute Gasteiger partial charge is 0.254 e. The Labute approximate surface area is 114 Å². The molecule has 1 rings (SSSR count). The number of hydrogen-bond donors (Lipinski definition) is 0. The second-order valence-corrected chi connectivity index (χ2v) is 4.90. The van der Waals surface area contributed by atoms with E-state index in [-0.39, 0.29) is 12.5 Å². The Kier molecular flexibility index (Phi) is 5.46. The summed E-state index contributed by atoms with van der Waals surface area (Å²) in [5, 5.41) is 9.19. The van der Waals surface area contributed by atoms with Crippen molar-refractivity contribution in [3.05, 3.63) is 33.3 Å². The predicted molar refractivity (Wildman–Crippen MR) is 71.0 cm³/mol. The highest BCUT2D eigenvalue weighted by molar-refractivity contribution is 9.10. The lowest BCUT2D eigenvalue weighted by molar-refractivity contribution is 0.0776. The molecule has 1 amide bonds. The summed E-state index contributed by atoms with van der Waals surface area (Å²) in [6, 6.07) is 7.02. The van der Waals surface area contributed by atoms with E-state index < -0.39 is 0 Å². The zero-order valence-electron chi connectivity index (χ0n) is 9.41. The molecule has 0 N–H and O–H groups in total. The highest BCUT2D eigenvalue weighted by Gasteiger charge is 2.15. The molecule has 1 aromatic rings. The summed E-state index contributed by atoms with van der Waals surface area (Å²) in [5.41, 5.74) is 0.494. The summed E-state index contributed by atoms with van der Waals surface area (Å²) in [7, 11) is 0. The molecule has 0 heterocycles. The lowest BCUT2D eigenvalue weighted by Crippen LogP contribution is -2.32. The van der Waals surface area contributed by atoms with Gasteiger partial charge in [0.25, 0.3) is 5.91 Å². The maximum absolute atomic E-state index is 12.1. The molecule has 0 spiro atoms. The Morgan fingerprint density at radius 1 is 1.53 bits per heavy atom. The van der Waals surface area contributed by atoms with Crippen molar-refractivity contribution in [1.82, 2.24) is 4.90 Å². The van der Waals surface area contributed by atoms with Crippen LogP contribution in [0, 0.1) is 11.3 Å². The molecule has 0 atom stereocenters. The quantitative estimate of drug-likeness (QED) is 0.798. The minimum Gasteiger partial charge on any atom is -0.325 e. The van der Waals surface area contributed by atoms with Crippen LogP contribution in [0.25, 0.3) is 0 Å². The summed E-state index contributed by atoms with van der Waals surface area (Å²) in [5.74, 6) is -0.170. The maximum atomic E-state index is 12.1. The van der Waals surface area contributed by atoms with Crippen LogP contribution in [0.4, 0.5) is 0 Å². The zero-order valence-corrected chi connectivity index (χ0v) is 11.8. The predicted octanol–water partition coefficient (Wildman–Crippen LogP) is 3.48. The third-order valence-corrected chi connectivity index (χ3v) is 2.83. The first-order valence-electron chi connectivity index (χ1n) is 5.20. The number of rotatable bonds is 4. The van der Waals surface area contributed by atoms with E-state index in [1.165, 1.54) is 4.90 Å². The van der Waals surface area contributed by atoms with Gasteiger partial charge in [-0.15, -0.1) is 0 Å². The molecule has 0 aliphatic carbocycles. The molecule has 0 aliphatic heterocycles. The number of nitriles is 1. The normalized spacial score (nSPS) is 9.76. The largest absolute Gasteiger partial charge is 0.325 e. The van der Waals surface area contributed by atoms with Gasteiger partial charge in [-0.3, -0.25) is 4.79 Å². The van der Waals surface area contributed by atoms with Crippen molar-refractivity contribution >= 4 is 33.4 Å². The number of carbonyl (C=O) groups is 1. The molecule has 5 heteroatoms. The van der Waals surface area contributed by atoms with Crippen LogP contribution in [0.3, 0.4) is 0 Å². The lowest BCUT2D eigenvalue weighted by Gasteiger charge is -2.18. The van der Waals surface area contributed by atoms with Gasteiger partial charge in [-0.2, -0.15) is 5.26 Å². The summed E-state index contributed by atoms with van der Waals surface area (Å²) < 4.78 is 0.752. The molecule has 0 radical (unpaired) electrons. The van der Waals surface area contributed by atoms with Crippen LogP contribution in [0.5, 0.6) is 0 Å². The van der Waals surface area contributed by atoms with E-state index in [1.54, 1.807) is 18.2 Å². The minimum atomic E-state index is -0.170. The summed E-state index contributed by atoms with van der Waals surface area (Å²) in [4.78, 5) is 13.6. The molecule has 0 saturated heterocycles. The van der Waals surface area contributed by atoms with Crippen LogP contribution in [-0.4, -0.2) is 23.9 Å². The van der Waals surface area contributed by atoms with Crippen molar-refractivity contribution in [3.8, 4) is 6.07 Å². The minimum absolute atomic E-state index is 0.0941. The van der Waals surface area contributed by atoms with Crippen molar-refractivity contribution in [2.75, 3.05) is 13.1 Å². The van der Waals surface area contributed by atoms with Gasteiger partial charge in [-0.05, 0) is 24.6 Å². The van der Waals surface area contributed by atoms with Gasteiger partial charge in [-0.1, -0.05) is 34.5 Å². The topological polar surface area (TPSA) is 44.1 Å². The first-order chi connectivity index (χ1) is 8.08. The first-order valence-corrected chi connectivity index (χ1v) is 6.38. The molecule has 0 aromatic heterocycles. The summed E-state index contributed by atoms with van der Waals surface area (Å²) in [6.07, 6.45) is 0.815. The fourth-order valence-electron chi connectivity index (χ4n) is 1.47. The molecule has 0 bridgehead atoms. The number of carbonyl (C=O) groups excluding carboxylic acids is 1. The Morgan fingerprint density at radius 3 is 2.76 bits per heavy atom. The molecular weight excluding hydrogens is 304 g/mol. The summed E-state index contributed by atoms with van der Waals surface area (Å²) in [6.45, 7) is 2.62. The van der Waals surface area contributed by atoms with E-state index in [0.29, 0.717) is 17.1 Å². The second-order valence-electron chi connectivity index (χ2n) is 3.54. The van der Waals surface area contributed by atoms with Crippen LogP contribution in [0.2, 0.25) is 5.02 Å². The van der Waals surface area contributed by atoms with E-state index in [1.807, 2.05) is 13.0 Å². The first kappa shape index (κ1) is 14.0. The number of halogens is 2. The average Bonchev–Trinajstić information content (AvgIpc) is 2.26. The van der Waals surface area contributed by atoms with Gasteiger partial charge in [0.2, 0.25) is 0 Å². The molecule has 17 heavy (non-hydrogen) atoms. The molecule has 90 valence electrons. The van der Waals surface area contributed by atoms with Crippen LogP contribution < -0.4 is 0 Å². The highest BCUT2D eigenvalue weighted by Crippen LogP contribution is 2.20. The van der Waals surface area contributed by atoms with Gasteiger partial charge in [0.1, 0.15) is 6.54 Å². The molecule has 0 saturated carbocycles. The average molecular weight is 316 g/mol. The van der Waals surface area contributed by atoms with Crippen LogP contribution in [0.1, 0.15) is 23.7 Å². The fraction of sp³-hybridized carbons (Fsp3) is 0.333. The monoisotopic (exact) mass is 314 g/mol. The van der Waals surface area contributed by atoms with E-state index >= 15 is 0 Å². The summed E-state index contributed by atoms with van der Waals surface area (Å²) >= 11 is 9.18. The van der Waals surface area contributed by atoms with Gasteiger partial charge in [0.05, 0.1) is 6.07 Å². The van der Waals surface area contributed by atoms with E-state index in [9.17, 15) is 4.79 Å². The third-order valence-electron chi connectivity index (χ3n) is 2.15. The number of amides is 1. The van der Waals surface area contributed by atoms with Crippen LogP contribution >= 0.6 is 27.5 Å². The van der Waals surface area contributed by atoms with Gasteiger partial charge in [0.15, 0.2) is 0 Å². The third kappa shape index (κ3) is 4.03. The molecule has 3 nitrogen and oxygen atoms in total. The van der Waals surface area contributed by atoms with Gasteiger partial charge < -0.3 is 4.90 Å². The molecule has 0 unspecified atom stereocenters. The van der Waals surface area contributed by atoms with E-state index in [4.69, 9.17) is 16.9 Å². The van der Waals surface area contributed by atoms with Crippen molar-refractivity contribution in [2.24, 2.45) is 0 Å². The number of nitrogens with zero attached hydrogens (tertiary/aromatic N) is 2.